The first-order valence-corrected chi connectivity index (χ1v) is 8.52. The molecule has 0 saturated carbocycles. The second kappa shape index (κ2) is 6.89. The van der Waals surface area contributed by atoms with Crippen molar-refractivity contribution in [3.8, 4) is 0 Å². The van der Waals surface area contributed by atoms with E-state index in [2.05, 4.69) is 10.3 Å². The maximum atomic E-state index is 12.3. The monoisotopic (exact) mass is 385 g/mol. The van der Waals surface area contributed by atoms with E-state index in [-0.39, 0.29) is 23.2 Å². The molecule has 130 valence electrons. The van der Waals surface area contributed by atoms with Crippen LogP contribution in [-0.2, 0) is 6.54 Å². The highest BCUT2D eigenvalue weighted by Gasteiger charge is 2.29. The summed E-state index contributed by atoms with van der Waals surface area (Å²) >= 11 is 0.726. The molecular weight excluding hydrogens is 375 g/mol. The number of nitrogens with one attached hydrogen (secondary N) is 1. The van der Waals surface area contributed by atoms with E-state index in [1.807, 2.05) is 0 Å². The molecule has 0 aliphatic carbocycles. The minimum absolute atomic E-state index is 0.0642. The minimum atomic E-state index is -4.34. The Morgan fingerprint density at radius 3 is 2.60 bits per heavy atom. The summed E-state index contributed by atoms with van der Waals surface area (Å²) in [6.45, 7) is 0.0872. The fourth-order valence-corrected chi connectivity index (χ4v) is 3.46. The Morgan fingerprint density at radius 2 is 1.96 bits per heavy atom. The number of pyridine rings is 1. The second-order valence-electron chi connectivity index (χ2n) is 4.90. The molecule has 0 spiro atoms. The molecule has 0 radical (unpaired) electrons. The number of aromatic nitrogens is 2. The molecule has 0 saturated heterocycles. The van der Waals surface area contributed by atoms with Gasteiger partial charge in [-0.3, -0.25) is 4.79 Å². The molecule has 3 rings (SSSR count). The van der Waals surface area contributed by atoms with Crippen LogP contribution in [-0.4, -0.2) is 20.5 Å². The van der Waals surface area contributed by atoms with E-state index in [1.165, 1.54) is 30.5 Å². The molecule has 10 heteroatoms. The lowest BCUT2D eigenvalue weighted by atomic mass is 10.2. The normalized spacial score (nSPS) is 11.6. The van der Waals surface area contributed by atoms with Crippen LogP contribution in [0.3, 0.4) is 0 Å². The van der Waals surface area contributed by atoms with Gasteiger partial charge in [0.1, 0.15) is 4.83 Å². The van der Waals surface area contributed by atoms with Gasteiger partial charge in [-0.2, -0.15) is 17.1 Å². The Balaban J connectivity index is 1.67. The molecule has 0 bridgehead atoms. The van der Waals surface area contributed by atoms with E-state index in [0.717, 1.165) is 15.5 Å². The van der Waals surface area contributed by atoms with Crippen LogP contribution >= 0.6 is 23.3 Å². The number of carbonyl (C=O) groups excluding carboxylic acids is 1. The van der Waals surface area contributed by atoms with Gasteiger partial charge in [-0.1, -0.05) is 12.1 Å². The first-order chi connectivity index (χ1) is 11.8. The Kier molecular flexibility index (Phi) is 4.82. The van der Waals surface area contributed by atoms with Crippen molar-refractivity contribution in [1.29, 1.82) is 0 Å². The average molecular weight is 385 g/mol. The van der Waals surface area contributed by atoms with Crippen molar-refractivity contribution < 1.29 is 18.0 Å². The van der Waals surface area contributed by atoms with E-state index in [9.17, 15) is 22.8 Å². The first-order valence-electron chi connectivity index (χ1n) is 6.93. The van der Waals surface area contributed by atoms with Gasteiger partial charge in [0.05, 0.1) is 5.39 Å². The van der Waals surface area contributed by atoms with Crippen molar-refractivity contribution in [3.05, 3.63) is 58.5 Å². The maximum Gasteiger partial charge on any atom is 0.446 e. The Hall–Kier alpha value is -2.33. The zero-order chi connectivity index (χ0) is 18.0. The highest BCUT2D eigenvalue weighted by Crippen LogP contribution is 2.36. The molecule has 25 heavy (non-hydrogen) atoms. The Bertz CT molecular complexity index is 965. The van der Waals surface area contributed by atoms with Crippen LogP contribution in [0.5, 0.6) is 0 Å². The zero-order valence-corrected chi connectivity index (χ0v) is 14.0. The number of fused-ring (bicyclic) bond motifs is 1. The Labute approximate surface area is 147 Å². The van der Waals surface area contributed by atoms with E-state index in [4.69, 9.17) is 0 Å². The van der Waals surface area contributed by atoms with Gasteiger partial charge in [0.25, 0.3) is 5.56 Å². The fourth-order valence-electron chi connectivity index (χ4n) is 2.06. The van der Waals surface area contributed by atoms with Gasteiger partial charge in [0.15, 0.2) is 0 Å². The molecular formula is C15H10F3N3O2S2. The molecule has 0 fully saturated rings. The number of rotatable bonds is 3. The largest absolute Gasteiger partial charge is 0.446 e. The summed E-state index contributed by atoms with van der Waals surface area (Å²) in [6, 6.07) is 8.22. The molecule has 0 atom stereocenters. The van der Waals surface area contributed by atoms with Crippen molar-refractivity contribution in [2.75, 3.05) is 0 Å². The second-order valence-corrected chi connectivity index (χ2v) is 6.97. The molecule has 0 unspecified atom stereocenters. The molecule has 0 aliphatic heterocycles. The molecule has 1 aromatic carbocycles. The van der Waals surface area contributed by atoms with Crippen molar-refractivity contribution in [2.24, 2.45) is 0 Å². The molecule has 2 heterocycles. The number of alkyl halides is 3. The molecule has 1 amide bonds. The van der Waals surface area contributed by atoms with Gasteiger partial charge in [-0.25, -0.2) is 9.78 Å². The van der Waals surface area contributed by atoms with Crippen molar-refractivity contribution >= 4 is 39.5 Å². The van der Waals surface area contributed by atoms with Crippen LogP contribution in [0.25, 0.3) is 10.2 Å². The highest BCUT2D eigenvalue weighted by molar-refractivity contribution is 8.00. The smallest absolute Gasteiger partial charge is 0.333 e. The summed E-state index contributed by atoms with van der Waals surface area (Å²) in [5.41, 5.74) is -4.18. The highest BCUT2D eigenvalue weighted by atomic mass is 32.2. The summed E-state index contributed by atoms with van der Waals surface area (Å²) in [5, 5.41) is 2.92. The molecule has 2 aromatic heterocycles. The van der Waals surface area contributed by atoms with Gasteiger partial charge in [-0.05, 0) is 53.1 Å². The van der Waals surface area contributed by atoms with Gasteiger partial charge in [0.2, 0.25) is 0 Å². The zero-order valence-electron chi connectivity index (χ0n) is 12.4. The minimum Gasteiger partial charge on any atom is -0.333 e. The van der Waals surface area contributed by atoms with Crippen molar-refractivity contribution in [2.45, 2.75) is 16.9 Å². The number of carbonyl (C=O) groups is 1. The van der Waals surface area contributed by atoms with Crippen molar-refractivity contribution in [3.63, 3.8) is 0 Å². The summed E-state index contributed by atoms with van der Waals surface area (Å²) in [5.74, 6) is 0. The number of nitrogens with zero attached hydrogens (tertiary/aromatic N) is 2. The Morgan fingerprint density at radius 1 is 1.24 bits per heavy atom. The van der Waals surface area contributed by atoms with Crippen molar-refractivity contribution in [1.82, 2.24) is 14.3 Å². The average Bonchev–Trinajstić information content (AvgIpc) is 2.90. The lowest BCUT2D eigenvalue weighted by Gasteiger charge is -2.07. The lowest BCUT2D eigenvalue weighted by molar-refractivity contribution is -0.0328. The predicted molar refractivity (Wildman–Crippen MR) is 89.9 cm³/mol. The SMILES string of the molecule is O=C(NCc1ccc(SC(F)(F)F)cc1)n1sc2ncccc2c1=O. The van der Waals surface area contributed by atoms with Gasteiger partial charge in [-0.15, -0.1) is 0 Å². The topological polar surface area (TPSA) is 64.0 Å². The van der Waals surface area contributed by atoms with Gasteiger partial charge in [0, 0.05) is 17.6 Å². The lowest BCUT2D eigenvalue weighted by Crippen LogP contribution is -2.32. The third-order valence-corrected chi connectivity index (χ3v) is 4.90. The summed E-state index contributed by atoms with van der Waals surface area (Å²) in [4.78, 5) is 28.8. The number of amides is 1. The molecule has 1 N–H and O–H groups in total. The quantitative estimate of drug-likeness (QED) is 0.696. The number of halogens is 3. The summed E-state index contributed by atoms with van der Waals surface area (Å²) < 4.78 is 37.8. The van der Waals surface area contributed by atoms with Crippen LogP contribution in [0.2, 0.25) is 0 Å². The number of hydrogen-bond acceptors (Lipinski definition) is 5. The first kappa shape index (κ1) is 17.5. The molecule has 3 aromatic rings. The van der Waals surface area contributed by atoms with Crippen LogP contribution < -0.4 is 10.9 Å². The van der Waals surface area contributed by atoms with E-state index in [1.54, 1.807) is 12.1 Å². The van der Waals surface area contributed by atoms with Crippen LogP contribution in [0.4, 0.5) is 18.0 Å². The predicted octanol–water partition coefficient (Wildman–Crippen LogP) is 3.83. The third-order valence-electron chi connectivity index (χ3n) is 3.15. The standard InChI is InChI=1S/C15H10F3N3O2S2/c16-15(17,18)24-10-5-3-9(4-6-10)8-20-14(23)21-13(22)11-2-1-7-19-12(11)25-21/h1-7H,8H2,(H,20,23). The van der Waals surface area contributed by atoms with Crippen LogP contribution in [0.15, 0.2) is 52.3 Å². The summed E-state index contributed by atoms with van der Waals surface area (Å²) in [7, 11) is 0. The van der Waals surface area contributed by atoms with E-state index < -0.39 is 17.1 Å². The van der Waals surface area contributed by atoms with Gasteiger partial charge < -0.3 is 5.32 Å². The van der Waals surface area contributed by atoms with Gasteiger partial charge >= 0.3 is 11.5 Å². The van der Waals surface area contributed by atoms with Crippen LogP contribution in [0.1, 0.15) is 5.56 Å². The third kappa shape index (κ3) is 4.20. The number of thioether (sulfide) groups is 1. The molecule has 0 aliphatic rings. The fraction of sp³-hybridized carbons (Fsp3) is 0.133. The number of benzene rings is 1. The summed E-state index contributed by atoms with van der Waals surface area (Å²) in [6.07, 6.45) is 1.53. The molecule has 5 nitrogen and oxygen atoms in total. The number of hydrogen-bond donors (Lipinski definition) is 1. The van der Waals surface area contributed by atoms with E-state index in [0.29, 0.717) is 15.8 Å². The van der Waals surface area contributed by atoms with Crippen LogP contribution in [0, 0.1) is 0 Å². The van der Waals surface area contributed by atoms with E-state index >= 15 is 0 Å². The maximum absolute atomic E-state index is 12.3.